The summed E-state index contributed by atoms with van der Waals surface area (Å²) in [5, 5.41) is 4.45. The first kappa shape index (κ1) is 22.1. The summed E-state index contributed by atoms with van der Waals surface area (Å²) in [6, 6.07) is 4.99. The standard InChI is InChI=1S/C12H16N4O.Ac.BrH.H2O/c1-12(2,3)9-6-10(13)16(15-9)8-4-5-11(17)14-7-8;;;/h4-7H,13H2,1-3H3,(H,14,17);;1H;1H2. The van der Waals surface area contributed by atoms with Gasteiger partial charge in [-0.3, -0.25) is 4.79 Å². The van der Waals surface area contributed by atoms with Crippen molar-refractivity contribution in [1.82, 2.24) is 14.8 Å². The van der Waals surface area contributed by atoms with Gasteiger partial charge in [-0.1, -0.05) is 20.8 Å². The normalized spacial score (nSPS) is 9.95. The third kappa shape index (κ3) is 4.99. The monoisotopic (exact) mass is 557 g/mol. The summed E-state index contributed by atoms with van der Waals surface area (Å²) in [5.41, 5.74) is 7.39. The van der Waals surface area contributed by atoms with Gasteiger partial charge in [0.05, 0.1) is 11.4 Å². The van der Waals surface area contributed by atoms with E-state index in [1.165, 1.54) is 6.07 Å². The number of nitrogen functional groups attached to an aromatic ring is 1. The van der Waals surface area contributed by atoms with Crippen LogP contribution in [0.5, 0.6) is 0 Å². The molecule has 8 heteroatoms. The number of H-pyrrole nitrogens is 1. The maximum atomic E-state index is 11.0. The van der Waals surface area contributed by atoms with Crippen molar-refractivity contribution < 1.29 is 49.5 Å². The zero-order chi connectivity index (χ0) is 12.6. The summed E-state index contributed by atoms with van der Waals surface area (Å²) < 4.78 is 1.62. The Kier molecular flexibility index (Phi) is 9.21. The minimum atomic E-state index is -0.143. The molecule has 0 spiro atoms. The molecule has 5 N–H and O–H groups in total. The number of hydrogen-bond donors (Lipinski definition) is 2. The van der Waals surface area contributed by atoms with Gasteiger partial charge in [0.15, 0.2) is 0 Å². The molecule has 2 rings (SSSR count). The zero-order valence-corrected chi connectivity index (χ0v) is 18.1. The second kappa shape index (κ2) is 8.32. The van der Waals surface area contributed by atoms with E-state index in [9.17, 15) is 4.79 Å². The molecule has 0 atom stereocenters. The van der Waals surface area contributed by atoms with Crippen LogP contribution in [0.4, 0.5) is 5.82 Å². The van der Waals surface area contributed by atoms with Crippen molar-refractivity contribution in [2.75, 3.05) is 5.73 Å². The molecular formula is C12H19AcBrN4O2. The summed E-state index contributed by atoms with van der Waals surface area (Å²) >= 11 is 0. The number of nitrogens with one attached hydrogen (secondary N) is 1. The Morgan fingerprint density at radius 3 is 2.30 bits per heavy atom. The average molecular weight is 558 g/mol. The van der Waals surface area contributed by atoms with Gasteiger partial charge >= 0.3 is 0 Å². The van der Waals surface area contributed by atoms with Crippen molar-refractivity contribution in [3.63, 3.8) is 0 Å². The molecule has 20 heavy (non-hydrogen) atoms. The van der Waals surface area contributed by atoms with Crippen LogP contribution in [0.25, 0.3) is 5.69 Å². The van der Waals surface area contributed by atoms with Crippen molar-refractivity contribution in [2.24, 2.45) is 0 Å². The van der Waals surface area contributed by atoms with Gasteiger partial charge < -0.3 is 16.2 Å². The molecule has 0 aliphatic heterocycles. The SMILES string of the molecule is Br.CC(C)(C)c1cc(N)n(-c2ccc(=O)[nH]c2)n1.O.[Ac]. The van der Waals surface area contributed by atoms with Gasteiger partial charge in [0.1, 0.15) is 5.82 Å². The first-order chi connectivity index (χ1) is 7.88. The van der Waals surface area contributed by atoms with Gasteiger partial charge in [-0.15, -0.1) is 17.0 Å². The largest absolute Gasteiger partial charge is 0.412 e. The van der Waals surface area contributed by atoms with Crippen molar-refractivity contribution in [2.45, 2.75) is 26.2 Å². The maximum Gasteiger partial charge on any atom is 0.248 e. The van der Waals surface area contributed by atoms with Crippen molar-refractivity contribution >= 4 is 22.8 Å². The Labute approximate surface area is 163 Å². The van der Waals surface area contributed by atoms with Crippen LogP contribution in [0.1, 0.15) is 26.5 Å². The second-order valence-corrected chi connectivity index (χ2v) is 5.03. The number of hydrogen-bond acceptors (Lipinski definition) is 3. The number of nitrogens with zero attached hydrogens (tertiary/aromatic N) is 2. The number of nitrogens with two attached hydrogens (primary N) is 1. The van der Waals surface area contributed by atoms with E-state index < -0.39 is 0 Å². The molecule has 0 bridgehead atoms. The number of pyridine rings is 1. The Morgan fingerprint density at radius 2 is 1.90 bits per heavy atom. The van der Waals surface area contributed by atoms with Crippen molar-refractivity contribution in [3.05, 3.63) is 40.4 Å². The predicted molar refractivity (Wildman–Crippen MR) is 81.2 cm³/mol. The molecule has 2 heterocycles. The van der Waals surface area contributed by atoms with E-state index in [-0.39, 0.29) is 77.5 Å². The first-order valence-electron chi connectivity index (χ1n) is 5.43. The van der Waals surface area contributed by atoms with Gasteiger partial charge in [0, 0.05) is 67.8 Å². The minimum Gasteiger partial charge on any atom is -0.412 e. The van der Waals surface area contributed by atoms with Crippen LogP contribution in [0.2, 0.25) is 0 Å². The molecule has 0 aliphatic carbocycles. The minimum absolute atomic E-state index is 0. The molecule has 1 radical (unpaired) electrons. The summed E-state index contributed by atoms with van der Waals surface area (Å²) in [6.07, 6.45) is 1.60. The van der Waals surface area contributed by atoms with Crippen LogP contribution < -0.4 is 11.3 Å². The van der Waals surface area contributed by atoms with Gasteiger partial charge in [-0.25, -0.2) is 4.68 Å². The molecule has 2 aromatic rings. The summed E-state index contributed by atoms with van der Waals surface area (Å²) in [7, 11) is 0. The molecule has 0 fully saturated rings. The van der Waals surface area contributed by atoms with E-state index in [1.807, 2.05) is 6.07 Å². The molecule has 6 nitrogen and oxygen atoms in total. The molecule has 0 saturated heterocycles. The van der Waals surface area contributed by atoms with Gasteiger partial charge in [-0.2, -0.15) is 5.10 Å². The van der Waals surface area contributed by atoms with E-state index in [4.69, 9.17) is 5.73 Å². The van der Waals surface area contributed by atoms with E-state index in [2.05, 4.69) is 30.9 Å². The van der Waals surface area contributed by atoms with Crippen LogP contribution in [0, 0.1) is 44.1 Å². The number of rotatable bonds is 1. The Hall–Kier alpha value is -0.158. The molecular weight excluding hydrogens is 539 g/mol. The fraction of sp³-hybridized carbons (Fsp3) is 0.333. The third-order valence-corrected chi connectivity index (χ3v) is 2.52. The van der Waals surface area contributed by atoms with E-state index in [0.717, 1.165) is 11.4 Å². The molecule has 0 amide bonds. The number of halogens is 1. The molecule has 109 valence electrons. The van der Waals surface area contributed by atoms with Crippen LogP contribution >= 0.6 is 17.0 Å². The van der Waals surface area contributed by atoms with Crippen LogP contribution in [0.3, 0.4) is 0 Å². The van der Waals surface area contributed by atoms with E-state index >= 15 is 0 Å². The number of aromatic amines is 1. The molecule has 0 saturated carbocycles. The van der Waals surface area contributed by atoms with Gasteiger partial charge in [-0.05, 0) is 6.07 Å². The average Bonchev–Trinajstić information content (AvgIpc) is 2.61. The van der Waals surface area contributed by atoms with Crippen molar-refractivity contribution in [1.29, 1.82) is 0 Å². The molecule has 0 aromatic carbocycles. The van der Waals surface area contributed by atoms with E-state index in [1.54, 1.807) is 16.9 Å². The van der Waals surface area contributed by atoms with E-state index in [0.29, 0.717) is 5.82 Å². The smallest absolute Gasteiger partial charge is 0.248 e. The third-order valence-electron chi connectivity index (χ3n) is 2.52. The van der Waals surface area contributed by atoms with Crippen LogP contribution in [0.15, 0.2) is 29.2 Å². The first-order valence-corrected chi connectivity index (χ1v) is 5.43. The molecule has 0 unspecified atom stereocenters. The topological polar surface area (TPSA) is 108 Å². The Balaban J connectivity index is 0. The predicted octanol–water partition coefficient (Wildman–Crippen LogP) is 1.19. The van der Waals surface area contributed by atoms with Crippen molar-refractivity contribution in [3.8, 4) is 5.69 Å². The Morgan fingerprint density at radius 1 is 1.30 bits per heavy atom. The van der Waals surface area contributed by atoms with Crippen LogP contribution in [-0.2, 0) is 5.41 Å². The van der Waals surface area contributed by atoms with Crippen LogP contribution in [-0.4, -0.2) is 20.2 Å². The fourth-order valence-corrected chi connectivity index (χ4v) is 1.50. The Bertz CT molecular complexity index is 584. The second-order valence-electron chi connectivity index (χ2n) is 5.03. The van der Waals surface area contributed by atoms with Gasteiger partial charge in [0.2, 0.25) is 5.56 Å². The summed E-state index contributed by atoms with van der Waals surface area (Å²) in [4.78, 5) is 13.6. The number of aromatic nitrogens is 3. The molecule has 2 aromatic heterocycles. The zero-order valence-electron chi connectivity index (χ0n) is 11.7. The van der Waals surface area contributed by atoms with Gasteiger partial charge in [0.25, 0.3) is 0 Å². The maximum absolute atomic E-state index is 11.0. The quantitative estimate of drug-likeness (QED) is 0.550. The summed E-state index contributed by atoms with van der Waals surface area (Å²) in [5.74, 6) is 0.557. The number of anilines is 1. The fourth-order valence-electron chi connectivity index (χ4n) is 1.50. The summed E-state index contributed by atoms with van der Waals surface area (Å²) in [6.45, 7) is 6.23. The molecule has 0 aliphatic rings.